The van der Waals surface area contributed by atoms with Gasteiger partial charge in [0.25, 0.3) is 0 Å². The second-order valence-corrected chi connectivity index (χ2v) is 6.35. The van der Waals surface area contributed by atoms with E-state index in [9.17, 15) is 4.79 Å². The third-order valence-corrected chi connectivity index (χ3v) is 4.57. The fourth-order valence-electron chi connectivity index (χ4n) is 2.66. The fourth-order valence-corrected chi connectivity index (χ4v) is 3.32. The number of carbonyl (C=O) groups is 1. The number of ketones is 1. The average molecular weight is 262 g/mol. The van der Waals surface area contributed by atoms with Crippen LogP contribution in [0.2, 0.25) is 0 Å². The topological polar surface area (TPSA) is 17.1 Å². The number of carbonyl (C=O) groups excluding carboxylic acids is 1. The van der Waals surface area contributed by atoms with Gasteiger partial charge >= 0.3 is 0 Å². The molecule has 0 atom stereocenters. The number of Topliss-reactive ketones (excluding diaryl/α,β-unsaturated/α-hetero) is 1. The summed E-state index contributed by atoms with van der Waals surface area (Å²) in [5.74, 6) is 1.72. The highest BCUT2D eigenvalue weighted by atomic mass is 32.2. The van der Waals surface area contributed by atoms with E-state index in [1.807, 2.05) is 23.9 Å². The van der Waals surface area contributed by atoms with Crippen molar-refractivity contribution in [2.45, 2.75) is 50.3 Å². The minimum Gasteiger partial charge on any atom is -0.294 e. The lowest BCUT2D eigenvalue weighted by Gasteiger charge is -2.12. The van der Waals surface area contributed by atoms with E-state index in [0.29, 0.717) is 5.78 Å². The molecule has 0 amide bonds. The van der Waals surface area contributed by atoms with E-state index < -0.39 is 0 Å². The maximum Gasteiger partial charge on any atom is 0.165 e. The number of hydrogen-bond donors (Lipinski definition) is 0. The van der Waals surface area contributed by atoms with Gasteiger partial charge in [-0.3, -0.25) is 4.79 Å². The Hall–Kier alpha value is -0.760. The first kappa shape index (κ1) is 13.7. The van der Waals surface area contributed by atoms with Crippen molar-refractivity contribution in [2.75, 3.05) is 5.75 Å². The minimum atomic E-state index is 0.275. The van der Waals surface area contributed by atoms with Crippen molar-refractivity contribution >= 4 is 17.5 Å². The summed E-state index contributed by atoms with van der Waals surface area (Å²) in [4.78, 5) is 13.7. The van der Waals surface area contributed by atoms with Gasteiger partial charge in [-0.05, 0) is 30.7 Å². The Morgan fingerprint density at radius 2 is 1.72 bits per heavy atom. The third kappa shape index (κ3) is 3.61. The summed E-state index contributed by atoms with van der Waals surface area (Å²) in [6.45, 7) is 2.15. The molecule has 1 aliphatic rings. The number of thioether (sulfide) groups is 1. The van der Waals surface area contributed by atoms with Gasteiger partial charge in [0.2, 0.25) is 0 Å². The monoisotopic (exact) mass is 262 g/mol. The molecule has 1 nitrogen and oxygen atoms in total. The van der Waals surface area contributed by atoms with Gasteiger partial charge in [-0.25, -0.2) is 0 Å². The van der Waals surface area contributed by atoms with E-state index in [0.717, 1.165) is 24.2 Å². The maximum absolute atomic E-state index is 12.4. The summed E-state index contributed by atoms with van der Waals surface area (Å²) >= 11 is 1.82. The number of hydrogen-bond acceptors (Lipinski definition) is 2. The van der Waals surface area contributed by atoms with Crippen molar-refractivity contribution in [1.29, 1.82) is 0 Å². The van der Waals surface area contributed by atoms with Crippen LogP contribution in [0.5, 0.6) is 0 Å². The van der Waals surface area contributed by atoms with Gasteiger partial charge in [0.05, 0.1) is 0 Å². The van der Waals surface area contributed by atoms with Crippen LogP contribution in [0.3, 0.4) is 0 Å². The quantitative estimate of drug-likeness (QED) is 0.434. The Morgan fingerprint density at radius 3 is 2.28 bits per heavy atom. The first-order chi connectivity index (χ1) is 8.81. The molecule has 1 fully saturated rings. The van der Waals surface area contributed by atoms with Crippen LogP contribution in [0.1, 0.15) is 55.8 Å². The molecule has 1 saturated carbocycles. The van der Waals surface area contributed by atoms with E-state index >= 15 is 0 Å². The molecule has 0 N–H and O–H groups in total. The van der Waals surface area contributed by atoms with E-state index in [4.69, 9.17) is 0 Å². The van der Waals surface area contributed by atoms with E-state index in [1.54, 1.807) is 0 Å². The molecular formula is C16H22OS. The molecule has 0 unspecified atom stereocenters. The smallest absolute Gasteiger partial charge is 0.165 e. The highest BCUT2D eigenvalue weighted by Crippen LogP contribution is 2.27. The third-order valence-electron chi connectivity index (χ3n) is 3.68. The molecule has 0 radical (unpaired) electrons. The number of rotatable bonds is 4. The van der Waals surface area contributed by atoms with Gasteiger partial charge in [-0.2, -0.15) is 0 Å². The molecule has 98 valence electrons. The van der Waals surface area contributed by atoms with Crippen molar-refractivity contribution in [3.05, 3.63) is 29.8 Å². The van der Waals surface area contributed by atoms with Crippen molar-refractivity contribution in [1.82, 2.24) is 0 Å². The van der Waals surface area contributed by atoms with Crippen LogP contribution in [-0.4, -0.2) is 11.5 Å². The second-order valence-electron chi connectivity index (χ2n) is 5.01. The van der Waals surface area contributed by atoms with Gasteiger partial charge < -0.3 is 0 Å². The summed E-state index contributed by atoms with van der Waals surface area (Å²) in [6, 6.07) is 8.17. The molecule has 1 aromatic carbocycles. The largest absolute Gasteiger partial charge is 0.294 e. The molecule has 2 rings (SSSR count). The highest BCUT2D eigenvalue weighted by Gasteiger charge is 2.21. The van der Waals surface area contributed by atoms with Gasteiger partial charge in [0, 0.05) is 16.4 Å². The lowest BCUT2D eigenvalue weighted by Crippen LogP contribution is -2.13. The zero-order valence-corrected chi connectivity index (χ0v) is 12.0. The molecular weight excluding hydrogens is 240 g/mol. The summed E-state index contributed by atoms with van der Waals surface area (Å²) in [7, 11) is 0. The SMILES string of the molecule is CCSc1ccc(C(=O)C2CCCCCC2)cc1. The second kappa shape index (κ2) is 6.98. The molecule has 0 spiro atoms. The van der Waals surface area contributed by atoms with Crippen molar-refractivity contribution in [3.8, 4) is 0 Å². The van der Waals surface area contributed by atoms with Crippen LogP contribution in [0.25, 0.3) is 0 Å². The normalized spacial score (nSPS) is 17.4. The molecule has 0 heterocycles. The van der Waals surface area contributed by atoms with E-state index in [1.165, 1.54) is 30.6 Å². The van der Waals surface area contributed by atoms with Gasteiger partial charge in [0.1, 0.15) is 0 Å². The number of benzene rings is 1. The summed E-state index contributed by atoms with van der Waals surface area (Å²) in [5.41, 5.74) is 0.905. The Balaban J connectivity index is 2.02. The van der Waals surface area contributed by atoms with Crippen LogP contribution in [0, 0.1) is 5.92 Å². The van der Waals surface area contributed by atoms with Crippen LogP contribution in [-0.2, 0) is 0 Å². The Bertz CT molecular complexity index is 375. The van der Waals surface area contributed by atoms with Gasteiger partial charge in [-0.1, -0.05) is 44.7 Å². The molecule has 0 aliphatic heterocycles. The van der Waals surface area contributed by atoms with E-state index in [2.05, 4.69) is 19.1 Å². The Morgan fingerprint density at radius 1 is 1.11 bits per heavy atom. The van der Waals surface area contributed by atoms with Crippen LogP contribution in [0.4, 0.5) is 0 Å². The molecule has 0 bridgehead atoms. The summed E-state index contributed by atoms with van der Waals surface area (Å²) < 4.78 is 0. The molecule has 0 saturated heterocycles. The first-order valence-electron chi connectivity index (χ1n) is 7.08. The van der Waals surface area contributed by atoms with Crippen molar-refractivity contribution < 1.29 is 4.79 Å². The summed E-state index contributed by atoms with van der Waals surface area (Å²) in [5, 5.41) is 0. The minimum absolute atomic E-state index is 0.275. The molecule has 2 heteroatoms. The van der Waals surface area contributed by atoms with Gasteiger partial charge in [0.15, 0.2) is 5.78 Å². The van der Waals surface area contributed by atoms with Crippen molar-refractivity contribution in [2.24, 2.45) is 5.92 Å². The lowest BCUT2D eigenvalue weighted by atomic mass is 9.91. The average Bonchev–Trinajstić information content (AvgIpc) is 2.68. The fraction of sp³-hybridized carbons (Fsp3) is 0.562. The first-order valence-corrected chi connectivity index (χ1v) is 8.07. The Labute approximate surface area is 114 Å². The highest BCUT2D eigenvalue weighted by molar-refractivity contribution is 7.99. The molecule has 0 aromatic heterocycles. The molecule has 18 heavy (non-hydrogen) atoms. The van der Waals surface area contributed by atoms with Crippen LogP contribution in [0.15, 0.2) is 29.2 Å². The van der Waals surface area contributed by atoms with Gasteiger partial charge in [-0.15, -0.1) is 11.8 Å². The van der Waals surface area contributed by atoms with E-state index in [-0.39, 0.29) is 5.92 Å². The molecule has 1 aromatic rings. The predicted molar refractivity (Wildman–Crippen MR) is 78.4 cm³/mol. The standard InChI is InChI=1S/C16H22OS/c1-2-18-15-11-9-14(10-12-15)16(17)13-7-5-3-4-6-8-13/h9-13H,2-8H2,1H3. The Kier molecular flexibility index (Phi) is 5.30. The molecule has 1 aliphatic carbocycles. The summed E-state index contributed by atoms with van der Waals surface area (Å²) in [6.07, 6.45) is 7.22. The van der Waals surface area contributed by atoms with Crippen LogP contribution >= 0.6 is 11.8 Å². The lowest BCUT2D eigenvalue weighted by molar-refractivity contribution is 0.0908. The maximum atomic E-state index is 12.4. The predicted octanol–water partition coefficient (Wildman–Crippen LogP) is 4.95. The zero-order valence-electron chi connectivity index (χ0n) is 11.2. The zero-order chi connectivity index (χ0) is 12.8. The van der Waals surface area contributed by atoms with Crippen LogP contribution < -0.4 is 0 Å². The van der Waals surface area contributed by atoms with Crippen molar-refractivity contribution in [3.63, 3.8) is 0 Å².